The molecule has 0 amide bonds. The van der Waals surface area contributed by atoms with E-state index in [0.717, 1.165) is 31.9 Å². The van der Waals surface area contributed by atoms with Gasteiger partial charge in [-0.1, -0.05) is 90.2 Å². The molecule has 0 aliphatic carbocycles. The zero-order chi connectivity index (χ0) is 29.2. The first-order chi connectivity index (χ1) is 20.4. The van der Waals surface area contributed by atoms with Gasteiger partial charge in [-0.25, -0.2) is 9.79 Å². The van der Waals surface area contributed by atoms with E-state index in [1.165, 1.54) is 11.3 Å². The number of carbonyl (C=O) groups excluding carboxylic acids is 1. The van der Waals surface area contributed by atoms with Gasteiger partial charge in [0.05, 0.1) is 32.9 Å². The van der Waals surface area contributed by atoms with E-state index in [2.05, 4.69) is 15.9 Å². The summed E-state index contributed by atoms with van der Waals surface area (Å²) in [5, 5.41) is 1.99. The Morgan fingerprint density at radius 2 is 1.79 bits per heavy atom. The van der Waals surface area contributed by atoms with Crippen molar-refractivity contribution in [3.63, 3.8) is 0 Å². The van der Waals surface area contributed by atoms with Gasteiger partial charge >= 0.3 is 5.97 Å². The lowest BCUT2D eigenvalue weighted by Crippen LogP contribution is -2.40. The molecule has 0 spiro atoms. The second-order valence-electron chi connectivity index (χ2n) is 9.83. The fraction of sp³-hybridized carbons (Fsp3) is 0.147. The van der Waals surface area contributed by atoms with E-state index in [1.54, 1.807) is 18.4 Å². The summed E-state index contributed by atoms with van der Waals surface area (Å²) in [4.78, 5) is 32.6. The van der Waals surface area contributed by atoms with Gasteiger partial charge in [-0.3, -0.25) is 9.36 Å². The average Bonchev–Trinajstić information content (AvgIpc) is 3.30. The maximum absolute atomic E-state index is 14.1. The zero-order valence-corrected chi connectivity index (χ0v) is 25.4. The summed E-state index contributed by atoms with van der Waals surface area (Å²) in [5.41, 5.74) is 3.46. The fourth-order valence-electron chi connectivity index (χ4n) is 5.19. The van der Waals surface area contributed by atoms with Crippen molar-refractivity contribution < 1.29 is 14.3 Å². The number of benzene rings is 4. The first-order valence-corrected chi connectivity index (χ1v) is 15.2. The molecule has 0 radical (unpaired) electrons. The van der Waals surface area contributed by atoms with Gasteiger partial charge in [0.25, 0.3) is 5.56 Å². The van der Waals surface area contributed by atoms with Crippen LogP contribution in [0, 0.1) is 0 Å². The van der Waals surface area contributed by atoms with Crippen molar-refractivity contribution in [3.8, 4) is 5.75 Å². The molecule has 0 saturated carbocycles. The predicted molar refractivity (Wildman–Crippen MR) is 169 cm³/mol. The topological polar surface area (TPSA) is 69.9 Å². The van der Waals surface area contributed by atoms with Gasteiger partial charge in [-0.2, -0.15) is 0 Å². The van der Waals surface area contributed by atoms with Gasteiger partial charge in [0.1, 0.15) is 12.4 Å². The van der Waals surface area contributed by atoms with Crippen LogP contribution in [0.1, 0.15) is 36.6 Å². The monoisotopic (exact) mass is 638 g/mol. The Balaban J connectivity index is 1.44. The Hall–Kier alpha value is -4.27. The van der Waals surface area contributed by atoms with Crippen LogP contribution in [0.2, 0.25) is 0 Å². The molecular formula is C34H27BrN2O4S. The van der Waals surface area contributed by atoms with Crippen molar-refractivity contribution in [2.75, 3.05) is 6.61 Å². The number of fused-ring (bicyclic) bond motifs is 2. The standard InChI is InChI=1S/C34H27BrN2O4S/c1-3-40-33(39)30-21(2)36-34-37(31(30)26-15-9-13-24-12-7-8-14-25(24)26)32(38)29(42-34)19-23-16-17-28(27(35)18-23)41-20-22-10-5-4-6-11-22/h4-19,31H,3,20H2,1-2H3/b29-19+/t31-/m0/s1. The van der Waals surface area contributed by atoms with E-state index in [-0.39, 0.29) is 12.2 Å². The third-order valence-electron chi connectivity index (χ3n) is 7.13. The number of esters is 1. The molecule has 4 aromatic carbocycles. The maximum atomic E-state index is 14.1. The second-order valence-corrected chi connectivity index (χ2v) is 11.7. The number of halogens is 1. The molecule has 0 fully saturated rings. The molecule has 1 aliphatic heterocycles. The average molecular weight is 640 g/mol. The van der Waals surface area contributed by atoms with Gasteiger partial charge in [-0.15, -0.1) is 0 Å². The van der Waals surface area contributed by atoms with Crippen molar-refractivity contribution in [2.24, 2.45) is 4.99 Å². The number of nitrogens with zero attached hydrogens (tertiary/aromatic N) is 2. The van der Waals surface area contributed by atoms with Crippen molar-refractivity contribution in [1.29, 1.82) is 0 Å². The molecule has 210 valence electrons. The lowest BCUT2D eigenvalue weighted by atomic mass is 9.91. The first-order valence-electron chi connectivity index (χ1n) is 13.6. The molecule has 1 aromatic heterocycles. The van der Waals surface area contributed by atoms with Crippen molar-refractivity contribution in [2.45, 2.75) is 26.5 Å². The van der Waals surface area contributed by atoms with Crippen molar-refractivity contribution in [1.82, 2.24) is 4.57 Å². The Morgan fingerprint density at radius 3 is 2.57 bits per heavy atom. The van der Waals surface area contributed by atoms with Crippen LogP contribution in [0.4, 0.5) is 0 Å². The minimum Gasteiger partial charge on any atom is -0.488 e. The molecule has 2 heterocycles. The summed E-state index contributed by atoms with van der Waals surface area (Å²) >= 11 is 4.92. The number of rotatable bonds is 7. The molecule has 1 aliphatic rings. The molecule has 0 N–H and O–H groups in total. The van der Waals surface area contributed by atoms with Gasteiger partial charge in [-0.05, 0) is 75.4 Å². The van der Waals surface area contributed by atoms with Gasteiger partial charge in [0.2, 0.25) is 0 Å². The Bertz CT molecular complexity index is 2020. The summed E-state index contributed by atoms with van der Waals surface area (Å²) in [7, 11) is 0. The predicted octanol–water partition coefficient (Wildman–Crippen LogP) is 6.29. The third-order valence-corrected chi connectivity index (χ3v) is 8.73. The van der Waals surface area contributed by atoms with E-state index in [9.17, 15) is 9.59 Å². The number of allylic oxidation sites excluding steroid dienone is 1. The Kier molecular flexibility index (Phi) is 7.91. The van der Waals surface area contributed by atoms with Crippen LogP contribution in [0.15, 0.2) is 117 Å². The summed E-state index contributed by atoms with van der Waals surface area (Å²) in [6.07, 6.45) is 1.85. The lowest BCUT2D eigenvalue weighted by Gasteiger charge is -2.25. The van der Waals surface area contributed by atoms with Crippen LogP contribution in [-0.4, -0.2) is 17.1 Å². The van der Waals surface area contributed by atoms with Crippen LogP contribution in [0.5, 0.6) is 5.75 Å². The van der Waals surface area contributed by atoms with E-state index in [1.807, 2.05) is 97.1 Å². The molecule has 0 unspecified atom stereocenters. The van der Waals surface area contributed by atoms with Crippen LogP contribution in [0.3, 0.4) is 0 Å². The highest BCUT2D eigenvalue weighted by Crippen LogP contribution is 2.35. The molecule has 0 bridgehead atoms. The smallest absolute Gasteiger partial charge is 0.338 e. The fourth-order valence-corrected chi connectivity index (χ4v) is 6.74. The normalized spacial score (nSPS) is 14.9. The first kappa shape index (κ1) is 27.9. The summed E-state index contributed by atoms with van der Waals surface area (Å²) < 4.78 is 14.4. The molecule has 6 nitrogen and oxygen atoms in total. The van der Waals surface area contributed by atoms with Gasteiger partial charge < -0.3 is 9.47 Å². The molecule has 5 aromatic rings. The number of ether oxygens (including phenoxy) is 2. The van der Waals surface area contributed by atoms with Crippen molar-refractivity contribution in [3.05, 3.63) is 143 Å². The van der Waals surface area contributed by atoms with Gasteiger partial charge in [0.15, 0.2) is 4.80 Å². The number of hydrogen-bond donors (Lipinski definition) is 0. The number of hydrogen-bond acceptors (Lipinski definition) is 6. The van der Waals surface area contributed by atoms with Crippen LogP contribution >= 0.6 is 27.3 Å². The minimum atomic E-state index is -0.672. The number of carbonyl (C=O) groups is 1. The maximum Gasteiger partial charge on any atom is 0.338 e. The molecule has 0 saturated heterocycles. The summed E-state index contributed by atoms with van der Waals surface area (Å²) in [5.74, 6) is 0.240. The molecule has 6 rings (SSSR count). The zero-order valence-electron chi connectivity index (χ0n) is 23.0. The van der Waals surface area contributed by atoms with E-state index in [4.69, 9.17) is 14.5 Å². The highest BCUT2D eigenvalue weighted by atomic mass is 79.9. The SMILES string of the molecule is CCOC(=O)C1=C(C)N=c2s/c(=C/c3ccc(OCc4ccccc4)c(Br)c3)c(=O)n2[C@H]1c1cccc2ccccc12. The van der Waals surface area contributed by atoms with Crippen molar-refractivity contribution >= 4 is 50.1 Å². The van der Waals surface area contributed by atoms with E-state index in [0.29, 0.717) is 33.0 Å². The molecule has 8 heteroatoms. The number of thiazole rings is 1. The summed E-state index contributed by atoms with van der Waals surface area (Å²) in [6.45, 7) is 4.24. The third kappa shape index (κ3) is 5.35. The lowest BCUT2D eigenvalue weighted by molar-refractivity contribution is -0.139. The largest absolute Gasteiger partial charge is 0.488 e. The van der Waals surface area contributed by atoms with Crippen LogP contribution in [-0.2, 0) is 16.1 Å². The highest BCUT2D eigenvalue weighted by molar-refractivity contribution is 9.10. The molecular weight excluding hydrogens is 612 g/mol. The molecule has 1 atom stereocenters. The second kappa shape index (κ2) is 11.9. The highest BCUT2D eigenvalue weighted by Gasteiger charge is 2.34. The van der Waals surface area contributed by atoms with E-state index < -0.39 is 12.0 Å². The Morgan fingerprint density at radius 1 is 1.02 bits per heavy atom. The quantitative estimate of drug-likeness (QED) is 0.196. The molecule has 42 heavy (non-hydrogen) atoms. The number of aromatic nitrogens is 1. The minimum absolute atomic E-state index is 0.216. The van der Waals surface area contributed by atoms with Crippen LogP contribution < -0.4 is 19.6 Å². The van der Waals surface area contributed by atoms with E-state index >= 15 is 0 Å². The van der Waals surface area contributed by atoms with Gasteiger partial charge in [0, 0.05) is 0 Å². The van der Waals surface area contributed by atoms with Crippen LogP contribution in [0.25, 0.3) is 16.8 Å². The summed E-state index contributed by atoms with van der Waals surface area (Å²) in [6, 6.07) is 28.9. The Labute approximate surface area is 255 Å².